The molecule has 1 saturated heterocycles. The molecule has 8 atom stereocenters. The summed E-state index contributed by atoms with van der Waals surface area (Å²) in [5.74, 6) is 4.91. The largest absolute Gasteiger partial charge is 0.390 e. The summed E-state index contributed by atoms with van der Waals surface area (Å²) in [6.45, 7) is 13.0. The Labute approximate surface area is 190 Å². The van der Waals surface area contributed by atoms with Crippen molar-refractivity contribution in [3.8, 4) is 0 Å². The molecule has 176 valence electrons. The van der Waals surface area contributed by atoms with Gasteiger partial charge in [0.05, 0.1) is 12.1 Å². The Morgan fingerprint density at radius 3 is 2.32 bits per heavy atom. The number of carbonyl (C=O) groups excluding carboxylic acids is 1. The monoisotopic (exact) mass is 430 g/mol. The molecule has 4 nitrogen and oxygen atoms in total. The first kappa shape index (κ1) is 22.3. The molecule has 8 unspecified atom stereocenters. The zero-order valence-corrected chi connectivity index (χ0v) is 20.3. The number of rotatable bonds is 4. The number of nitrogens with zero attached hydrogens (tertiary/aromatic N) is 2. The molecule has 5 aliphatic rings. The van der Waals surface area contributed by atoms with Crippen LogP contribution in [0.4, 0.5) is 0 Å². The van der Waals surface area contributed by atoms with Crippen LogP contribution >= 0.6 is 0 Å². The van der Waals surface area contributed by atoms with Crippen LogP contribution in [0.15, 0.2) is 0 Å². The molecule has 4 heteroatoms. The Bertz CT molecular complexity index is 670. The Morgan fingerprint density at radius 1 is 0.871 bits per heavy atom. The summed E-state index contributed by atoms with van der Waals surface area (Å²) in [7, 11) is 0. The van der Waals surface area contributed by atoms with E-state index >= 15 is 0 Å². The molecule has 1 N–H and O–H groups in total. The number of likely N-dealkylation sites (N-methyl/N-ethyl adjacent to an activating group) is 1. The number of ketones is 1. The zero-order chi connectivity index (χ0) is 21.8. The van der Waals surface area contributed by atoms with Crippen LogP contribution in [0.5, 0.6) is 0 Å². The Hall–Kier alpha value is -0.450. The molecule has 31 heavy (non-hydrogen) atoms. The molecule has 5 fully saturated rings. The number of fused-ring (bicyclic) bond motifs is 5. The fraction of sp³-hybridized carbons (Fsp3) is 0.963. The highest BCUT2D eigenvalue weighted by atomic mass is 16.3. The Balaban J connectivity index is 1.23. The first-order chi connectivity index (χ1) is 14.8. The lowest BCUT2D eigenvalue weighted by Crippen LogP contribution is -2.52. The van der Waals surface area contributed by atoms with Crippen molar-refractivity contribution in [1.29, 1.82) is 0 Å². The van der Waals surface area contributed by atoms with Gasteiger partial charge in [0.2, 0.25) is 0 Å². The topological polar surface area (TPSA) is 43.8 Å². The van der Waals surface area contributed by atoms with Crippen LogP contribution in [0.2, 0.25) is 0 Å². The van der Waals surface area contributed by atoms with E-state index in [-0.39, 0.29) is 5.41 Å². The van der Waals surface area contributed by atoms with Gasteiger partial charge >= 0.3 is 0 Å². The predicted octanol–water partition coefficient (Wildman–Crippen LogP) is 4.21. The Kier molecular flexibility index (Phi) is 6.06. The van der Waals surface area contributed by atoms with Gasteiger partial charge in [-0.3, -0.25) is 9.69 Å². The van der Waals surface area contributed by atoms with Crippen LogP contribution in [0.3, 0.4) is 0 Å². The van der Waals surface area contributed by atoms with E-state index < -0.39 is 5.60 Å². The maximum absolute atomic E-state index is 13.5. The molecule has 0 spiro atoms. The lowest BCUT2D eigenvalue weighted by Gasteiger charge is -2.57. The van der Waals surface area contributed by atoms with Crippen LogP contribution in [-0.2, 0) is 4.79 Å². The summed E-state index contributed by atoms with van der Waals surface area (Å²) < 4.78 is 0. The van der Waals surface area contributed by atoms with Crippen LogP contribution in [0, 0.1) is 40.9 Å². The van der Waals surface area contributed by atoms with E-state index in [1.807, 2.05) is 0 Å². The summed E-state index contributed by atoms with van der Waals surface area (Å²) >= 11 is 0. The smallest absolute Gasteiger partial charge is 0.150 e. The first-order valence-electron chi connectivity index (χ1n) is 13.5. The minimum Gasteiger partial charge on any atom is -0.390 e. The van der Waals surface area contributed by atoms with E-state index in [2.05, 4.69) is 30.6 Å². The normalized spacial score (nSPS) is 48.6. The standard InChI is InChI=1S/C27H46N2O2/c1-4-28-13-15-29(16-14-28)18-25(30)24-8-7-23-22-6-5-19-17-26(2,31)11-9-20(19)21(22)10-12-27(23,24)3/h19-24,31H,4-18H2,1-3H3. The van der Waals surface area contributed by atoms with Crippen LogP contribution in [0.25, 0.3) is 0 Å². The van der Waals surface area contributed by atoms with Crippen molar-refractivity contribution in [2.45, 2.75) is 84.2 Å². The van der Waals surface area contributed by atoms with Gasteiger partial charge in [-0.25, -0.2) is 0 Å². The number of hydrogen-bond acceptors (Lipinski definition) is 4. The fourth-order valence-electron chi connectivity index (χ4n) is 9.20. The third-order valence-electron chi connectivity index (χ3n) is 10.9. The molecule has 0 radical (unpaired) electrons. The highest BCUT2D eigenvalue weighted by Gasteiger charge is 2.58. The van der Waals surface area contributed by atoms with Gasteiger partial charge in [-0.2, -0.15) is 0 Å². The summed E-state index contributed by atoms with van der Waals surface area (Å²) in [6.07, 6.45) is 10.9. The first-order valence-corrected chi connectivity index (χ1v) is 13.5. The second kappa shape index (κ2) is 8.40. The Morgan fingerprint density at radius 2 is 1.58 bits per heavy atom. The molecular weight excluding hydrogens is 384 g/mol. The highest BCUT2D eigenvalue weighted by molar-refractivity contribution is 5.84. The maximum Gasteiger partial charge on any atom is 0.150 e. The van der Waals surface area contributed by atoms with Gasteiger partial charge in [0.25, 0.3) is 0 Å². The van der Waals surface area contributed by atoms with Crippen molar-refractivity contribution in [2.24, 2.45) is 40.9 Å². The minimum atomic E-state index is -0.426. The van der Waals surface area contributed by atoms with E-state index in [0.29, 0.717) is 18.2 Å². The number of Topliss-reactive ketones (excluding diaryl/α,β-unsaturated/α-hetero) is 1. The predicted molar refractivity (Wildman–Crippen MR) is 125 cm³/mol. The van der Waals surface area contributed by atoms with Gasteiger partial charge in [-0.15, -0.1) is 0 Å². The summed E-state index contributed by atoms with van der Waals surface area (Å²) in [5.41, 5.74) is -0.179. The van der Waals surface area contributed by atoms with Crippen LogP contribution in [-0.4, -0.2) is 65.6 Å². The van der Waals surface area contributed by atoms with Gasteiger partial charge in [0.15, 0.2) is 0 Å². The summed E-state index contributed by atoms with van der Waals surface area (Å²) in [4.78, 5) is 18.4. The van der Waals surface area contributed by atoms with E-state index in [4.69, 9.17) is 0 Å². The third-order valence-corrected chi connectivity index (χ3v) is 10.9. The average molecular weight is 431 g/mol. The van der Waals surface area contributed by atoms with Gasteiger partial charge < -0.3 is 10.0 Å². The number of hydrogen-bond donors (Lipinski definition) is 1. The second-order valence-electron chi connectivity index (χ2n) is 12.5. The molecule has 5 rings (SSSR count). The number of aliphatic hydroxyl groups is 1. The molecule has 0 aromatic heterocycles. The molecule has 0 bridgehead atoms. The van der Waals surface area contributed by atoms with E-state index in [0.717, 1.165) is 81.6 Å². The van der Waals surface area contributed by atoms with Crippen molar-refractivity contribution in [3.63, 3.8) is 0 Å². The number of piperazine rings is 1. The maximum atomic E-state index is 13.5. The highest BCUT2D eigenvalue weighted by Crippen LogP contribution is 2.64. The van der Waals surface area contributed by atoms with Crippen molar-refractivity contribution < 1.29 is 9.90 Å². The summed E-state index contributed by atoms with van der Waals surface area (Å²) in [5, 5.41) is 10.6. The molecular formula is C27H46N2O2. The molecule has 4 aliphatic carbocycles. The lowest BCUT2D eigenvalue weighted by molar-refractivity contribution is -0.133. The van der Waals surface area contributed by atoms with E-state index in [9.17, 15) is 9.90 Å². The van der Waals surface area contributed by atoms with Gasteiger partial charge in [-0.1, -0.05) is 13.8 Å². The van der Waals surface area contributed by atoms with Crippen molar-refractivity contribution in [3.05, 3.63) is 0 Å². The molecule has 0 aromatic carbocycles. The summed E-state index contributed by atoms with van der Waals surface area (Å²) in [6, 6.07) is 0. The molecule has 0 amide bonds. The molecule has 1 aliphatic heterocycles. The van der Waals surface area contributed by atoms with Gasteiger partial charge in [-0.05, 0) is 106 Å². The fourth-order valence-corrected chi connectivity index (χ4v) is 9.20. The van der Waals surface area contributed by atoms with Gasteiger partial charge in [0, 0.05) is 32.1 Å². The number of carbonyl (C=O) groups is 1. The van der Waals surface area contributed by atoms with Crippen molar-refractivity contribution in [2.75, 3.05) is 39.3 Å². The van der Waals surface area contributed by atoms with Crippen LogP contribution < -0.4 is 0 Å². The molecule has 0 aromatic rings. The minimum absolute atomic E-state index is 0.247. The van der Waals surface area contributed by atoms with Gasteiger partial charge in [0.1, 0.15) is 5.78 Å². The van der Waals surface area contributed by atoms with E-state index in [1.165, 1.54) is 38.5 Å². The zero-order valence-electron chi connectivity index (χ0n) is 20.3. The molecule has 4 saturated carbocycles. The third kappa shape index (κ3) is 4.04. The van der Waals surface area contributed by atoms with E-state index in [1.54, 1.807) is 0 Å². The quantitative estimate of drug-likeness (QED) is 0.725. The molecule has 1 heterocycles. The average Bonchev–Trinajstić information content (AvgIpc) is 3.10. The van der Waals surface area contributed by atoms with Crippen molar-refractivity contribution in [1.82, 2.24) is 9.80 Å². The lowest BCUT2D eigenvalue weighted by atomic mass is 9.49. The van der Waals surface area contributed by atoms with Crippen molar-refractivity contribution >= 4 is 5.78 Å². The second-order valence-corrected chi connectivity index (χ2v) is 12.5. The SMILES string of the molecule is CCN1CCN(CC(=O)C2CCC3C4CCC5CC(C)(O)CCC5C4CCC23C)CC1. The van der Waals surface area contributed by atoms with Crippen LogP contribution in [0.1, 0.15) is 78.6 Å².